The van der Waals surface area contributed by atoms with Gasteiger partial charge in [0.25, 0.3) is 0 Å². The van der Waals surface area contributed by atoms with Crippen LogP contribution in [0.3, 0.4) is 0 Å². The smallest absolute Gasteiger partial charge is 0.307 e. The largest absolute Gasteiger partial charge is 0.481 e. The van der Waals surface area contributed by atoms with E-state index in [-0.39, 0.29) is 5.92 Å². The molecule has 0 heterocycles. The number of aliphatic carboxylic acids is 1. The predicted octanol–water partition coefficient (Wildman–Crippen LogP) is 1.56. The Kier molecular flexibility index (Phi) is 6.39. The summed E-state index contributed by atoms with van der Waals surface area (Å²) in [4.78, 5) is 13.1. The summed E-state index contributed by atoms with van der Waals surface area (Å²) >= 11 is 0. The number of benzene rings is 1. The summed E-state index contributed by atoms with van der Waals surface area (Å²) in [6.45, 7) is 4.54. The molecule has 100 valence electrons. The minimum absolute atomic E-state index is 0.355. The van der Waals surface area contributed by atoms with Crippen LogP contribution in [0.2, 0.25) is 0 Å². The van der Waals surface area contributed by atoms with Crippen LogP contribution >= 0.6 is 0 Å². The highest BCUT2D eigenvalue weighted by molar-refractivity contribution is 5.69. The second-order valence-electron chi connectivity index (χ2n) is 4.60. The molecule has 1 atom stereocenters. The van der Waals surface area contributed by atoms with E-state index in [0.29, 0.717) is 13.1 Å². The molecule has 1 aromatic rings. The number of rotatable bonds is 8. The van der Waals surface area contributed by atoms with Gasteiger partial charge in [-0.15, -0.1) is 0 Å². The Hall–Kier alpha value is -1.39. The van der Waals surface area contributed by atoms with Gasteiger partial charge >= 0.3 is 5.97 Å². The van der Waals surface area contributed by atoms with Crippen molar-refractivity contribution in [3.63, 3.8) is 0 Å². The summed E-state index contributed by atoms with van der Waals surface area (Å²) in [7, 11) is 0. The van der Waals surface area contributed by atoms with Crippen molar-refractivity contribution in [1.82, 2.24) is 4.90 Å². The molecule has 0 aromatic heterocycles. The maximum absolute atomic E-state index is 10.9. The van der Waals surface area contributed by atoms with Crippen LogP contribution in [0, 0.1) is 5.92 Å². The first kappa shape index (κ1) is 14.7. The SMILES string of the molecule is CC(CN(CCCN)Cc1ccccc1)C(=O)O. The molecule has 3 N–H and O–H groups in total. The van der Waals surface area contributed by atoms with Crippen molar-refractivity contribution < 1.29 is 9.90 Å². The first-order valence-electron chi connectivity index (χ1n) is 6.32. The van der Waals surface area contributed by atoms with Gasteiger partial charge in [-0.1, -0.05) is 37.3 Å². The lowest BCUT2D eigenvalue weighted by Crippen LogP contribution is -2.33. The van der Waals surface area contributed by atoms with Gasteiger partial charge in [-0.05, 0) is 25.1 Å². The van der Waals surface area contributed by atoms with Crippen LogP contribution in [0.5, 0.6) is 0 Å². The van der Waals surface area contributed by atoms with E-state index in [9.17, 15) is 4.79 Å². The Bertz CT molecular complexity index is 354. The quantitative estimate of drug-likeness (QED) is 0.734. The second-order valence-corrected chi connectivity index (χ2v) is 4.60. The molecule has 0 saturated carbocycles. The highest BCUT2D eigenvalue weighted by Crippen LogP contribution is 2.08. The van der Waals surface area contributed by atoms with Gasteiger partial charge in [0.05, 0.1) is 5.92 Å². The fourth-order valence-corrected chi connectivity index (χ4v) is 1.86. The standard InChI is InChI=1S/C14H22N2O2/c1-12(14(17)18)10-16(9-5-8-15)11-13-6-3-2-4-7-13/h2-4,6-7,12H,5,8-11,15H2,1H3,(H,17,18). The summed E-state index contributed by atoms with van der Waals surface area (Å²) < 4.78 is 0. The van der Waals surface area contributed by atoms with Crippen LogP contribution in [-0.2, 0) is 11.3 Å². The van der Waals surface area contributed by atoms with Gasteiger partial charge in [-0.25, -0.2) is 0 Å². The minimum atomic E-state index is -0.749. The Balaban J connectivity index is 2.57. The van der Waals surface area contributed by atoms with E-state index in [2.05, 4.69) is 17.0 Å². The summed E-state index contributed by atoms with van der Waals surface area (Å²) in [6.07, 6.45) is 0.888. The molecule has 1 rings (SSSR count). The maximum atomic E-state index is 10.9. The molecule has 1 unspecified atom stereocenters. The predicted molar refractivity (Wildman–Crippen MR) is 72.2 cm³/mol. The number of nitrogens with zero attached hydrogens (tertiary/aromatic N) is 1. The first-order chi connectivity index (χ1) is 8.63. The monoisotopic (exact) mass is 250 g/mol. The second kappa shape index (κ2) is 7.84. The van der Waals surface area contributed by atoms with Crippen molar-refractivity contribution in [2.75, 3.05) is 19.6 Å². The van der Waals surface area contributed by atoms with E-state index in [1.54, 1.807) is 6.92 Å². The van der Waals surface area contributed by atoms with Crippen molar-refractivity contribution in [3.8, 4) is 0 Å². The summed E-state index contributed by atoms with van der Waals surface area (Å²) in [5.41, 5.74) is 6.72. The van der Waals surface area contributed by atoms with Gasteiger partial charge in [0.2, 0.25) is 0 Å². The van der Waals surface area contributed by atoms with Crippen molar-refractivity contribution in [1.29, 1.82) is 0 Å². The molecule has 4 heteroatoms. The average Bonchev–Trinajstić information content (AvgIpc) is 2.37. The Morgan fingerprint density at radius 2 is 2.06 bits per heavy atom. The maximum Gasteiger partial charge on any atom is 0.307 e. The molecule has 0 aliphatic carbocycles. The Labute approximate surface area is 108 Å². The number of nitrogens with two attached hydrogens (primary N) is 1. The summed E-state index contributed by atoms with van der Waals surface area (Å²) in [5.74, 6) is -1.10. The van der Waals surface area contributed by atoms with E-state index in [0.717, 1.165) is 19.5 Å². The zero-order valence-corrected chi connectivity index (χ0v) is 10.9. The van der Waals surface area contributed by atoms with Crippen LogP contribution in [-0.4, -0.2) is 35.6 Å². The summed E-state index contributed by atoms with van der Waals surface area (Å²) in [6, 6.07) is 10.1. The van der Waals surface area contributed by atoms with Crippen molar-refractivity contribution >= 4 is 5.97 Å². The first-order valence-corrected chi connectivity index (χ1v) is 6.32. The van der Waals surface area contributed by atoms with Crippen molar-refractivity contribution in [3.05, 3.63) is 35.9 Å². The summed E-state index contributed by atoms with van der Waals surface area (Å²) in [5, 5.41) is 8.97. The van der Waals surface area contributed by atoms with Crippen LogP contribution in [0.25, 0.3) is 0 Å². The highest BCUT2D eigenvalue weighted by atomic mass is 16.4. The number of carboxylic acid groups (broad SMARTS) is 1. The van der Waals surface area contributed by atoms with Crippen molar-refractivity contribution in [2.45, 2.75) is 19.9 Å². The van der Waals surface area contributed by atoms with Gasteiger partial charge in [-0.2, -0.15) is 0 Å². The van der Waals surface area contributed by atoms with Gasteiger partial charge in [-0.3, -0.25) is 9.69 Å². The van der Waals surface area contributed by atoms with Crippen LogP contribution in [0.15, 0.2) is 30.3 Å². The number of carbonyl (C=O) groups is 1. The molecule has 0 aliphatic heterocycles. The molecule has 0 spiro atoms. The van der Waals surface area contributed by atoms with Crippen LogP contribution in [0.1, 0.15) is 18.9 Å². The Morgan fingerprint density at radius 1 is 1.39 bits per heavy atom. The lowest BCUT2D eigenvalue weighted by molar-refractivity contribution is -0.141. The lowest BCUT2D eigenvalue weighted by Gasteiger charge is -2.24. The van der Waals surface area contributed by atoms with E-state index in [4.69, 9.17) is 10.8 Å². The van der Waals surface area contributed by atoms with E-state index in [1.807, 2.05) is 18.2 Å². The molecule has 0 saturated heterocycles. The molecule has 18 heavy (non-hydrogen) atoms. The van der Waals surface area contributed by atoms with Crippen LogP contribution in [0.4, 0.5) is 0 Å². The zero-order valence-electron chi connectivity index (χ0n) is 10.9. The van der Waals surface area contributed by atoms with Gasteiger partial charge in [0, 0.05) is 13.1 Å². The number of carboxylic acids is 1. The topological polar surface area (TPSA) is 66.6 Å². The van der Waals surface area contributed by atoms with Crippen molar-refractivity contribution in [2.24, 2.45) is 11.7 Å². The third kappa shape index (κ3) is 5.29. The zero-order chi connectivity index (χ0) is 13.4. The lowest BCUT2D eigenvalue weighted by atomic mass is 10.1. The fourth-order valence-electron chi connectivity index (χ4n) is 1.86. The number of hydrogen-bond donors (Lipinski definition) is 2. The average molecular weight is 250 g/mol. The molecule has 1 aromatic carbocycles. The molecule has 4 nitrogen and oxygen atoms in total. The Morgan fingerprint density at radius 3 is 2.61 bits per heavy atom. The third-order valence-electron chi connectivity index (χ3n) is 2.88. The molecular weight excluding hydrogens is 228 g/mol. The molecule has 0 fully saturated rings. The van der Waals surface area contributed by atoms with Gasteiger partial charge in [0.15, 0.2) is 0 Å². The third-order valence-corrected chi connectivity index (χ3v) is 2.88. The molecule has 0 radical (unpaired) electrons. The van der Waals surface area contributed by atoms with E-state index in [1.165, 1.54) is 5.56 Å². The minimum Gasteiger partial charge on any atom is -0.481 e. The van der Waals surface area contributed by atoms with E-state index < -0.39 is 5.97 Å². The fraction of sp³-hybridized carbons (Fsp3) is 0.500. The molecule has 0 aliphatic rings. The highest BCUT2D eigenvalue weighted by Gasteiger charge is 2.15. The van der Waals surface area contributed by atoms with Crippen LogP contribution < -0.4 is 5.73 Å². The van der Waals surface area contributed by atoms with Gasteiger partial charge < -0.3 is 10.8 Å². The van der Waals surface area contributed by atoms with Gasteiger partial charge in [0.1, 0.15) is 0 Å². The van der Waals surface area contributed by atoms with E-state index >= 15 is 0 Å². The molecule has 0 bridgehead atoms. The number of hydrogen-bond acceptors (Lipinski definition) is 3. The normalized spacial score (nSPS) is 12.6. The molecule has 0 amide bonds. The molecular formula is C14H22N2O2.